The Bertz CT molecular complexity index is 658. The van der Waals surface area contributed by atoms with Crippen LogP contribution in [0.3, 0.4) is 0 Å². The predicted molar refractivity (Wildman–Crippen MR) is 81.3 cm³/mol. The summed E-state index contributed by atoms with van der Waals surface area (Å²) in [5.41, 5.74) is 3.80. The second-order valence-electron chi connectivity index (χ2n) is 6.17. The third kappa shape index (κ3) is 2.24. The summed E-state index contributed by atoms with van der Waals surface area (Å²) in [6.45, 7) is 0. The molecule has 1 amide bonds. The van der Waals surface area contributed by atoms with Crippen LogP contribution in [0.2, 0.25) is 0 Å². The van der Waals surface area contributed by atoms with Gasteiger partial charge in [0.25, 0.3) is 0 Å². The van der Waals surface area contributed by atoms with Crippen LogP contribution in [-0.2, 0) is 11.2 Å². The van der Waals surface area contributed by atoms with Gasteiger partial charge in [-0.15, -0.1) is 0 Å². The van der Waals surface area contributed by atoms with Gasteiger partial charge >= 0.3 is 0 Å². The van der Waals surface area contributed by atoms with Crippen molar-refractivity contribution in [3.63, 3.8) is 0 Å². The van der Waals surface area contributed by atoms with Crippen molar-refractivity contribution in [1.29, 1.82) is 0 Å². The topological polar surface area (TPSA) is 57.8 Å². The molecule has 2 aromatic rings. The van der Waals surface area contributed by atoms with Gasteiger partial charge < -0.3 is 5.32 Å². The zero-order valence-electron chi connectivity index (χ0n) is 11.9. The fraction of sp³-hybridized carbons (Fsp3) is 0.412. The molecule has 1 aromatic heterocycles. The monoisotopic (exact) mass is 281 g/mol. The van der Waals surface area contributed by atoms with E-state index in [1.54, 1.807) is 0 Å². The molecule has 1 aliphatic carbocycles. The highest BCUT2D eigenvalue weighted by Crippen LogP contribution is 2.44. The number of fused-ring (bicyclic) bond motifs is 1. The number of amides is 1. The molecular formula is C17H19N3O. The Labute approximate surface area is 124 Å². The standard InChI is InChI=1S/C17H19N3O/c21-14-10-13(9-11-5-2-1-3-6-11)15-16(12-7-4-8-12)19-20-17(15)18-14/h1-3,5-6,12-13H,4,7-10H2,(H2,18,19,20,21). The van der Waals surface area contributed by atoms with Crippen molar-refractivity contribution in [3.05, 3.63) is 47.2 Å². The summed E-state index contributed by atoms with van der Waals surface area (Å²) in [5, 5.41) is 10.5. The lowest BCUT2D eigenvalue weighted by Crippen LogP contribution is -2.25. The molecule has 1 aliphatic heterocycles. The second-order valence-corrected chi connectivity index (χ2v) is 6.17. The number of aromatic nitrogens is 2. The van der Waals surface area contributed by atoms with Gasteiger partial charge in [0.15, 0.2) is 5.82 Å². The highest BCUT2D eigenvalue weighted by molar-refractivity contribution is 5.93. The first-order valence-corrected chi connectivity index (χ1v) is 7.73. The number of aromatic amines is 1. The summed E-state index contributed by atoms with van der Waals surface area (Å²) in [6, 6.07) is 10.4. The van der Waals surface area contributed by atoms with Gasteiger partial charge in [0.05, 0.1) is 0 Å². The number of hydrogen-bond acceptors (Lipinski definition) is 2. The van der Waals surface area contributed by atoms with E-state index >= 15 is 0 Å². The highest BCUT2D eigenvalue weighted by Gasteiger charge is 2.34. The molecule has 21 heavy (non-hydrogen) atoms. The fourth-order valence-electron chi connectivity index (χ4n) is 3.46. The van der Waals surface area contributed by atoms with E-state index in [1.807, 2.05) is 6.07 Å². The van der Waals surface area contributed by atoms with Crippen LogP contribution in [0.1, 0.15) is 54.3 Å². The second kappa shape index (κ2) is 5.02. The van der Waals surface area contributed by atoms with Gasteiger partial charge in [-0.3, -0.25) is 9.89 Å². The molecule has 2 aliphatic rings. The molecule has 0 radical (unpaired) electrons. The summed E-state index contributed by atoms with van der Waals surface area (Å²) in [7, 11) is 0. The first-order valence-electron chi connectivity index (χ1n) is 7.73. The first kappa shape index (κ1) is 12.6. The van der Waals surface area contributed by atoms with Crippen molar-refractivity contribution < 1.29 is 4.79 Å². The quantitative estimate of drug-likeness (QED) is 0.906. The van der Waals surface area contributed by atoms with E-state index in [2.05, 4.69) is 39.8 Å². The zero-order chi connectivity index (χ0) is 14.2. The minimum atomic E-state index is 0.0788. The van der Waals surface area contributed by atoms with Crippen LogP contribution in [0.5, 0.6) is 0 Å². The number of nitrogens with one attached hydrogen (secondary N) is 2. The van der Waals surface area contributed by atoms with E-state index < -0.39 is 0 Å². The van der Waals surface area contributed by atoms with Crippen LogP contribution < -0.4 is 5.32 Å². The molecule has 0 spiro atoms. The number of hydrogen-bond donors (Lipinski definition) is 2. The molecule has 108 valence electrons. The van der Waals surface area contributed by atoms with Crippen LogP contribution in [0.25, 0.3) is 0 Å². The normalized spacial score (nSPS) is 21.5. The van der Waals surface area contributed by atoms with E-state index in [4.69, 9.17) is 0 Å². The van der Waals surface area contributed by atoms with Gasteiger partial charge in [-0.25, -0.2) is 0 Å². The highest BCUT2D eigenvalue weighted by atomic mass is 16.1. The largest absolute Gasteiger partial charge is 0.309 e. The van der Waals surface area contributed by atoms with E-state index in [0.717, 1.165) is 12.2 Å². The minimum absolute atomic E-state index is 0.0788. The molecule has 1 fully saturated rings. The number of carbonyl (C=O) groups is 1. The molecule has 4 heteroatoms. The van der Waals surface area contributed by atoms with Gasteiger partial charge in [0.1, 0.15) is 0 Å². The number of anilines is 1. The molecule has 0 bridgehead atoms. The number of benzene rings is 1. The Hall–Kier alpha value is -2.10. The lowest BCUT2D eigenvalue weighted by molar-refractivity contribution is -0.116. The van der Waals surface area contributed by atoms with Crippen LogP contribution >= 0.6 is 0 Å². The van der Waals surface area contributed by atoms with Gasteiger partial charge in [0, 0.05) is 29.5 Å². The van der Waals surface area contributed by atoms with Crippen molar-refractivity contribution in [3.8, 4) is 0 Å². The molecule has 1 atom stereocenters. The molecule has 2 heterocycles. The Morgan fingerprint density at radius 3 is 2.71 bits per heavy atom. The van der Waals surface area contributed by atoms with Gasteiger partial charge in [0.2, 0.25) is 5.91 Å². The maximum Gasteiger partial charge on any atom is 0.226 e. The molecule has 2 N–H and O–H groups in total. The average Bonchev–Trinajstić information content (AvgIpc) is 2.81. The molecule has 4 nitrogen and oxygen atoms in total. The van der Waals surface area contributed by atoms with Gasteiger partial charge in [-0.05, 0) is 24.8 Å². The molecule has 1 aromatic carbocycles. The van der Waals surface area contributed by atoms with E-state index in [9.17, 15) is 4.79 Å². The lowest BCUT2D eigenvalue weighted by Gasteiger charge is -2.29. The number of rotatable bonds is 3. The van der Waals surface area contributed by atoms with Crippen LogP contribution in [0, 0.1) is 0 Å². The van der Waals surface area contributed by atoms with Gasteiger partial charge in [-0.1, -0.05) is 36.8 Å². The minimum Gasteiger partial charge on any atom is -0.309 e. The maximum atomic E-state index is 11.9. The van der Waals surface area contributed by atoms with Crippen LogP contribution in [0.15, 0.2) is 30.3 Å². The molecule has 4 rings (SSSR count). The van der Waals surface area contributed by atoms with Gasteiger partial charge in [-0.2, -0.15) is 5.10 Å². The van der Waals surface area contributed by atoms with Crippen molar-refractivity contribution >= 4 is 11.7 Å². The Morgan fingerprint density at radius 2 is 2.00 bits per heavy atom. The van der Waals surface area contributed by atoms with Crippen molar-refractivity contribution in [2.45, 2.75) is 43.9 Å². The van der Waals surface area contributed by atoms with Crippen molar-refractivity contribution in [2.24, 2.45) is 0 Å². The summed E-state index contributed by atoms with van der Waals surface area (Å²) in [5.74, 6) is 1.68. The van der Waals surface area contributed by atoms with Crippen molar-refractivity contribution in [1.82, 2.24) is 10.2 Å². The lowest BCUT2D eigenvalue weighted by atomic mass is 9.77. The average molecular weight is 281 g/mol. The van der Waals surface area contributed by atoms with Crippen molar-refractivity contribution in [2.75, 3.05) is 5.32 Å². The Balaban J connectivity index is 1.68. The smallest absolute Gasteiger partial charge is 0.226 e. The Kier molecular flexibility index (Phi) is 3.02. The summed E-state index contributed by atoms with van der Waals surface area (Å²) in [6.07, 6.45) is 5.23. The molecule has 1 saturated carbocycles. The third-order valence-electron chi connectivity index (χ3n) is 4.77. The summed E-state index contributed by atoms with van der Waals surface area (Å²) < 4.78 is 0. The SMILES string of the molecule is O=C1CC(Cc2ccccc2)c2c(n[nH]c2C2CCC2)N1. The third-order valence-corrected chi connectivity index (χ3v) is 4.77. The molecule has 0 saturated heterocycles. The maximum absolute atomic E-state index is 11.9. The van der Waals surface area contributed by atoms with Crippen LogP contribution in [-0.4, -0.2) is 16.1 Å². The zero-order valence-corrected chi connectivity index (χ0v) is 11.9. The molecular weight excluding hydrogens is 262 g/mol. The Morgan fingerprint density at radius 1 is 1.19 bits per heavy atom. The number of nitrogens with zero attached hydrogens (tertiary/aromatic N) is 1. The summed E-state index contributed by atoms with van der Waals surface area (Å²) >= 11 is 0. The van der Waals surface area contributed by atoms with Crippen LogP contribution in [0.4, 0.5) is 5.82 Å². The number of carbonyl (C=O) groups excluding carboxylic acids is 1. The first-order chi connectivity index (χ1) is 10.3. The predicted octanol–water partition coefficient (Wildman–Crippen LogP) is 3.35. The number of H-pyrrole nitrogens is 1. The summed E-state index contributed by atoms with van der Waals surface area (Å²) in [4.78, 5) is 11.9. The van der Waals surface area contributed by atoms with E-state index in [1.165, 1.54) is 36.1 Å². The van der Waals surface area contributed by atoms with E-state index in [-0.39, 0.29) is 11.8 Å². The van der Waals surface area contributed by atoms with E-state index in [0.29, 0.717) is 12.3 Å². The fourth-order valence-corrected chi connectivity index (χ4v) is 3.46. The molecule has 1 unspecified atom stereocenters.